The summed E-state index contributed by atoms with van der Waals surface area (Å²) in [6.07, 6.45) is 2.55. The maximum absolute atomic E-state index is 12.1. The van der Waals surface area contributed by atoms with Crippen molar-refractivity contribution < 1.29 is 9.59 Å². The molecular formula is C13H22N2O2. The summed E-state index contributed by atoms with van der Waals surface area (Å²) in [5.41, 5.74) is -0.167. The van der Waals surface area contributed by atoms with E-state index in [2.05, 4.69) is 5.32 Å². The van der Waals surface area contributed by atoms with E-state index in [0.717, 1.165) is 32.5 Å². The normalized spacial score (nSPS) is 23.9. The van der Waals surface area contributed by atoms with Crippen molar-refractivity contribution in [1.29, 1.82) is 0 Å². The minimum Gasteiger partial charge on any atom is -0.356 e. The van der Waals surface area contributed by atoms with Crippen molar-refractivity contribution in [3.8, 4) is 0 Å². The summed E-state index contributed by atoms with van der Waals surface area (Å²) in [4.78, 5) is 25.4. The molecule has 0 radical (unpaired) electrons. The van der Waals surface area contributed by atoms with Gasteiger partial charge in [-0.25, -0.2) is 0 Å². The van der Waals surface area contributed by atoms with E-state index in [4.69, 9.17) is 0 Å². The van der Waals surface area contributed by atoms with Crippen molar-refractivity contribution in [2.75, 3.05) is 19.6 Å². The lowest BCUT2D eigenvalue weighted by Crippen LogP contribution is -2.47. The fourth-order valence-corrected chi connectivity index (χ4v) is 2.76. The second-order valence-corrected chi connectivity index (χ2v) is 6.50. The van der Waals surface area contributed by atoms with Gasteiger partial charge in [0.05, 0.1) is 0 Å². The number of carbonyl (C=O) groups is 2. The van der Waals surface area contributed by atoms with E-state index in [1.807, 2.05) is 25.7 Å². The minimum atomic E-state index is -0.297. The fourth-order valence-electron chi connectivity index (χ4n) is 2.76. The molecule has 96 valence electrons. The zero-order chi connectivity index (χ0) is 12.7. The second kappa shape index (κ2) is 4.00. The van der Waals surface area contributed by atoms with Crippen molar-refractivity contribution in [1.82, 2.24) is 10.2 Å². The van der Waals surface area contributed by atoms with Crippen LogP contribution >= 0.6 is 0 Å². The van der Waals surface area contributed by atoms with Crippen LogP contribution in [0.4, 0.5) is 0 Å². The molecule has 2 amide bonds. The van der Waals surface area contributed by atoms with Crippen LogP contribution in [0, 0.1) is 10.8 Å². The molecule has 1 spiro atoms. The zero-order valence-electron chi connectivity index (χ0n) is 11.0. The van der Waals surface area contributed by atoms with Gasteiger partial charge in [0, 0.05) is 31.5 Å². The molecule has 0 unspecified atom stereocenters. The Morgan fingerprint density at radius 3 is 2.29 bits per heavy atom. The number of likely N-dealkylation sites (tertiary alicyclic amines) is 1. The Morgan fingerprint density at radius 1 is 1.29 bits per heavy atom. The van der Waals surface area contributed by atoms with Gasteiger partial charge in [-0.1, -0.05) is 20.8 Å². The van der Waals surface area contributed by atoms with Gasteiger partial charge in [0.1, 0.15) is 0 Å². The predicted octanol–water partition coefficient (Wildman–Crippen LogP) is 1.16. The molecule has 0 aromatic heterocycles. The Morgan fingerprint density at radius 2 is 1.88 bits per heavy atom. The van der Waals surface area contributed by atoms with Crippen molar-refractivity contribution in [2.24, 2.45) is 10.8 Å². The third-order valence-electron chi connectivity index (χ3n) is 3.95. The summed E-state index contributed by atoms with van der Waals surface area (Å²) in [7, 11) is 0. The van der Waals surface area contributed by atoms with Crippen LogP contribution in [-0.4, -0.2) is 36.3 Å². The molecule has 0 atom stereocenters. The molecule has 0 aliphatic carbocycles. The Hall–Kier alpha value is -1.06. The van der Waals surface area contributed by atoms with Gasteiger partial charge in [-0.2, -0.15) is 0 Å². The molecule has 2 saturated heterocycles. The van der Waals surface area contributed by atoms with Crippen LogP contribution < -0.4 is 5.32 Å². The topological polar surface area (TPSA) is 49.4 Å². The van der Waals surface area contributed by atoms with Crippen molar-refractivity contribution in [2.45, 2.75) is 40.0 Å². The molecule has 0 saturated carbocycles. The summed E-state index contributed by atoms with van der Waals surface area (Å²) in [6, 6.07) is 0. The van der Waals surface area contributed by atoms with Crippen LogP contribution in [0.15, 0.2) is 0 Å². The first-order chi connectivity index (χ1) is 7.82. The standard InChI is InChI=1S/C13H22N2O2/c1-12(2,3)11(17)15-6-4-13(5-7-15)8-10(16)14-9-13/h4-9H2,1-3H3,(H,14,16). The molecule has 17 heavy (non-hydrogen) atoms. The number of hydrogen-bond donors (Lipinski definition) is 1. The number of rotatable bonds is 0. The number of hydrogen-bond acceptors (Lipinski definition) is 2. The van der Waals surface area contributed by atoms with Crippen molar-refractivity contribution in [3.63, 3.8) is 0 Å². The molecule has 2 heterocycles. The first-order valence-corrected chi connectivity index (χ1v) is 6.39. The van der Waals surface area contributed by atoms with Gasteiger partial charge in [-0.15, -0.1) is 0 Å². The number of nitrogens with one attached hydrogen (secondary N) is 1. The van der Waals surface area contributed by atoms with E-state index in [1.54, 1.807) is 0 Å². The molecule has 2 rings (SSSR count). The van der Waals surface area contributed by atoms with Gasteiger partial charge in [0.2, 0.25) is 11.8 Å². The molecular weight excluding hydrogens is 216 g/mol. The van der Waals surface area contributed by atoms with E-state index >= 15 is 0 Å². The SMILES string of the molecule is CC(C)(C)C(=O)N1CCC2(CC1)CNC(=O)C2. The number of carbonyl (C=O) groups excluding carboxylic acids is 2. The average molecular weight is 238 g/mol. The Bertz CT molecular complexity index is 336. The predicted molar refractivity (Wildman–Crippen MR) is 65.3 cm³/mol. The maximum Gasteiger partial charge on any atom is 0.227 e. The minimum absolute atomic E-state index is 0.131. The molecule has 0 aromatic rings. The Kier molecular flexibility index (Phi) is 2.92. The highest BCUT2D eigenvalue weighted by molar-refractivity contribution is 5.82. The second-order valence-electron chi connectivity index (χ2n) is 6.50. The largest absolute Gasteiger partial charge is 0.356 e. The maximum atomic E-state index is 12.1. The third-order valence-corrected chi connectivity index (χ3v) is 3.95. The van der Waals surface area contributed by atoms with Gasteiger partial charge in [0.25, 0.3) is 0 Å². The highest BCUT2D eigenvalue weighted by Gasteiger charge is 2.42. The molecule has 1 N–H and O–H groups in total. The zero-order valence-corrected chi connectivity index (χ0v) is 11.0. The van der Waals surface area contributed by atoms with Crippen LogP contribution in [0.1, 0.15) is 40.0 Å². The molecule has 4 heteroatoms. The van der Waals surface area contributed by atoms with E-state index in [-0.39, 0.29) is 22.6 Å². The van der Waals surface area contributed by atoms with Gasteiger partial charge in [0.15, 0.2) is 0 Å². The quantitative estimate of drug-likeness (QED) is 0.688. The van der Waals surface area contributed by atoms with Crippen LogP contribution in [0.3, 0.4) is 0 Å². The van der Waals surface area contributed by atoms with Gasteiger partial charge in [-0.3, -0.25) is 9.59 Å². The van der Waals surface area contributed by atoms with Crippen molar-refractivity contribution in [3.05, 3.63) is 0 Å². The summed E-state index contributed by atoms with van der Waals surface area (Å²) in [5.74, 6) is 0.394. The highest BCUT2D eigenvalue weighted by atomic mass is 16.2. The number of nitrogens with zero attached hydrogens (tertiary/aromatic N) is 1. The van der Waals surface area contributed by atoms with Gasteiger partial charge < -0.3 is 10.2 Å². The highest BCUT2D eigenvalue weighted by Crippen LogP contribution is 2.38. The number of amides is 2. The average Bonchev–Trinajstić information content (AvgIpc) is 2.59. The lowest BCUT2D eigenvalue weighted by atomic mass is 9.77. The molecule has 0 aromatic carbocycles. The van der Waals surface area contributed by atoms with Crippen LogP contribution in [0.25, 0.3) is 0 Å². The first-order valence-electron chi connectivity index (χ1n) is 6.39. The van der Waals surface area contributed by atoms with Gasteiger partial charge in [-0.05, 0) is 18.3 Å². The van der Waals surface area contributed by atoms with E-state index in [1.165, 1.54) is 0 Å². The summed E-state index contributed by atoms with van der Waals surface area (Å²) in [6.45, 7) is 8.26. The third kappa shape index (κ3) is 2.45. The summed E-state index contributed by atoms with van der Waals surface area (Å²) in [5, 5.41) is 2.91. The Labute approximate surface area is 103 Å². The molecule has 4 nitrogen and oxygen atoms in total. The van der Waals surface area contributed by atoms with Crippen LogP contribution in [0.2, 0.25) is 0 Å². The Balaban J connectivity index is 1.95. The lowest BCUT2D eigenvalue weighted by Gasteiger charge is -2.40. The first kappa shape index (κ1) is 12.4. The molecule has 2 aliphatic rings. The van der Waals surface area contributed by atoms with Crippen LogP contribution in [0.5, 0.6) is 0 Å². The fraction of sp³-hybridized carbons (Fsp3) is 0.846. The molecule has 0 bridgehead atoms. The van der Waals surface area contributed by atoms with E-state index in [0.29, 0.717) is 6.42 Å². The summed E-state index contributed by atoms with van der Waals surface area (Å²) >= 11 is 0. The van der Waals surface area contributed by atoms with Crippen LogP contribution in [-0.2, 0) is 9.59 Å². The number of piperidine rings is 1. The lowest BCUT2D eigenvalue weighted by molar-refractivity contribution is -0.141. The van der Waals surface area contributed by atoms with E-state index < -0.39 is 0 Å². The van der Waals surface area contributed by atoms with E-state index in [9.17, 15) is 9.59 Å². The smallest absolute Gasteiger partial charge is 0.227 e. The summed E-state index contributed by atoms with van der Waals surface area (Å²) < 4.78 is 0. The molecule has 2 fully saturated rings. The molecule has 2 aliphatic heterocycles. The van der Waals surface area contributed by atoms with Crippen molar-refractivity contribution >= 4 is 11.8 Å². The monoisotopic (exact) mass is 238 g/mol. The van der Waals surface area contributed by atoms with Gasteiger partial charge >= 0.3 is 0 Å².